The van der Waals surface area contributed by atoms with E-state index in [2.05, 4.69) is 39.1 Å². The molecule has 4 nitrogen and oxygen atoms in total. The summed E-state index contributed by atoms with van der Waals surface area (Å²) in [5, 5.41) is 1.27. The highest BCUT2D eigenvalue weighted by atomic mass is 79.9. The predicted octanol–water partition coefficient (Wildman–Crippen LogP) is 5.04. The van der Waals surface area contributed by atoms with Crippen LogP contribution in [0.2, 0.25) is 0 Å². The van der Waals surface area contributed by atoms with Crippen LogP contribution in [0.25, 0.3) is 10.9 Å². The highest BCUT2D eigenvalue weighted by Gasteiger charge is 2.29. The lowest BCUT2D eigenvalue weighted by Crippen LogP contribution is -2.41. The van der Waals surface area contributed by atoms with Crippen molar-refractivity contribution in [2.24, 2.45) is 0 Å². The molecule has 0 atom stereocenters. The van der Waals surface area contributed by atoms with Gasteiger partial charge in [0, 0.05) is 24.0 Å². The molecule has 0 bridgehead atoms. The summed E-state index contributed by atoms with van der Waals surface area (Å²) in [6, 6.07) is 8.37. The van der Waals surface area contributed by atoms with Gasteiger partial charge in [0.2, 0.25) is 0 Å². The van der Waals surface area contributed by atoms with Crippen molar-refractivity contribution < 1.29 is 9.53 Å². The minimum Gasteiger partial charge on any atom is -0.444 e. The van der Waals surface area contributed by atoms with E-state index < -0.39 is 5.60 Å². The number of carbonyl (C=O) groups excluding carboxylic acids is 1. The summed E-state index contributed by atoms with van der Waals surface area (Å²) in [5.74, 6) is 0.458. The normalized spacial score (nSPS) is 16.8. The fourth-order valence-electron chi connectivity index (χ4n) is 3.21. The lowest BCUT2D eigenvalue weighted by atomic mass is 9.89. The number of hydrogen-bond acceptors (Lipinski definition) is 2. The molecule has 2 heterocycles. The molecule has 1 fully saturated rings. The number of benzene rings is 1. The summed E-state index contributed by atoms with van der Waals surface area (Å²) in [6.07, 6.45) is 1.72. The molecular formula is C18H23BrN2O2. The third-order valence-corrected chi connectivity index (χ3v) is 4.88. The quantitative estimate of drug-likeness (QED) is 0.754. The van der Waals surface area contributed by atoms with Gasteiger partial charge >= 0.3 is 6.09 Å². The van der Waals surface area contributed by atoms with Gasteiger partial charge in [0.25, 0.3) is 0 Å². The van der Waals surface area contributed by atoms with Crippen molar-refractivity contribution in [3.05, 3.63) is 34.4 Å². The molecule has 1 aliphatic rings. The molecule has 23 heavy (non-hydrogen) atoms. The maximum Gasteiger partial charge on any atom is 0.410 e. The molecule has 5 heteroatoms. The lowest BCUT2D eigenvalue weighted by molar-refractivity contribution is 0.0205. The van der Waals surface area contributed by atoms with Crippen LogP contribution in [-0.2, 0) is 4.74 Å². The molecule has 0 spiro atoms. The number of hydrogen-bond donors (Lipinski definition) is 1. The van der Waals surface area contributed by atoms with Crippen LogP contribution in [0.5, 0.6) is 0 Å². The van der Waals surface area contributed by atoms with Crippen LogP contribution in [0, 0.1) is 0 Å². The smallest absolute Gasteiger partial charge is 0.410 e. The monoisotopic (exact) mass is 378 g/mol. The van der Waals surface area contributed by atoms with Crippen LogP contribution >= 0.6 is 15.9 Å². The molecule has 1 aromatic heterocycles. The van der Waals surface area contributed by atoms with E-state index in [0.717, 1.165) is 36.1 Å². The van der Waals surface area contributed by atoms with Gasteiger partial charge in [-0.3, -0.25) is 0 Å². The van der Waals surface area contributed by atoms with Gasteiger partial charge in [-0.1, -0.05) is 18.2 Å². The molecule has 0 unspecified atom stereocenters. The minimum atomic E-state index is -0.437. The molecule has 1 amide bonds. The van der Waals surface area contributed by atoms with E-state index in [1.165, 1.54) is 10.9 Å². The van der Waals surface area contributed by atoms with Crippen molar-refractivity contribution in [2.45, 2.75) is 45.1 Å². The second kappa shape index (κ2) is 6.19. The highest BCUT2D eigenvalue weighted by Crippen LogP contribution is 2.38. The van der Waals surface area contributed by atoms with E-state index in [1.54, 1.807) is 0 Å². The molecule has 3 rings (SSSR count). The molecule has 1 N–H and O–H groups in total. The number of para-hydroxylation sites is 1. The number of piperidine rings is 1. The number of halogens is 1. The lowest BCUT2D eigenvalue weighted by Gasteiger charge is -2.33. The van der Waals surface area contributed by atoms with E-state index in [9.17, 15) is 4.79 Å². The molecule has 1 aliphatic heterocycles. The average molecular weight is 379 g/mol. The van der Waals surface area contributed by atoms with Gasteiger partial charge < -0.3 is 14.6 Å². The molecule has 0 aliphatic carbocycles. The number of aromatic amines is 1. The molecule has 1 saturated heterocycles. The topological polar surface area (TPSA) is 45.3 Å². The Morgan fingerprint density at radius 1 is 1.26 bits per heavy atom. The maximum absolute atomic E-state index is 12.2. The SMILES string of the molecule is CC(C)(C)OC(=O)N1CCC(c2c(Br)[nH]c3ccccc23)CC1. The van der Waals surface area contributed by atoms with Crippen LogP contribution in [0.3, 0.4) is 0 Å². The van der Waals surface area contributed by atoms with Gasteiger partial charge in [-0.25, -0.2) is 4.79 Å². The summed E-state index contributed by atoms with van der Waals surface area (Å²) in [7, 11) is 0. The Kier molecular flexibility index (Phi) is 4.41. The Balaban J connectivity index is 1.71. The number of ether oxygens (including phenoxy) is 1. The summed E-state index contributed by atoms with van der Waals surface area (Å²) in [6.45, 7) is 7.19. The van der Waals surface area contributed by atoms with Crippen LogP contribution in [0.4, 0.5) is 4.79 Å². The summed E-state index contributed by atoms with van der Waals surface area (Å²) in [5.41, 5.74) is 2.06. The molecule has 1 aromatic carbocycles. The largest absolute Gasteiger partial charge is 0.444 e. The first kappa shape index (κ1) is 16.4. The van der Waals surface area contributed by atoms with Crippen LogP contribution in [0.1, 0.15) is 45.1 Å². The zero-order valence-corrected chi connectivity index (χ0v) is 15.4. The third kappa shape index (κ3) is 3.55. The van der Waals surface area contributed by atoms with Crippen LogP contribution in [-0.4, -0.2) is 34.7 Å². The van der Waals surface area contributed by atoms with E-state index in [4.69, 9.17) is 4.74 Å². The number of nitrogens with one attached hydrogen (secondary N) is 1. The summed E-state index contributed by atoms with van der Waals surface area (Å²) < 4.78 is 6.53. The molecule has 0 radical (unpaired) electrons. The maximum atomic E-state index is 12.2. The Hall–Kier alpha value is -1.49. The van der Waals surface area contributed by atoms with Crippen LogP contribution < -0.4 is 0 Å². The summed E-state index contributed by atoms with van der Waals surface area (Å²) >= 11 is 3.67. The Morgan fingerprint density at radius 3 is 2.57 bits per heavy atom. The number of amides is 1. The second-order valence-corrected chi connectivity index (χ2v) is 7.93. The first-order valence-electron chi connectivity index (χ1n) is 8.09. The number of H-pyrrole nitrogens is 1. The average Bonchev–Trinajstić information content (AvgIpc) is 2.81. The molecule has 124 valence electrons. The fourth-order valence-corrected chi connectivity index (χ4v) is 3.96. The van der Waals surface area contributed by atoms with Crippen molar-refractivity contribution in [1.82, 2.24) is 9.88 Å². The van der Waals surface area contributed by atoms with E-state index in [1.807, 2.05) is 31.7 Å². The highest BCUT2D eigenvalue weighted by molar-refractivity contribution is 9.10. The number of fused-ring (bicyclic) bond motifs is 1. The van der Waals surface area contributed by atoms with Crippen molar-refractivity contribution in [3.8, 4) is 0 Å². The number of nitrogens with zero attached hydrogens (tertiary/aromatic N) is 1. The minimum absolute atomic E-state index is 0.200. The summed E-state index contributed by atoms with van der Waals surface area (Å²) in [4.78, 5) is 17.4. The van der Waals surface area contributed by atoms with Gasteiger partial charge in [0.1, 0.15) is 5.60 Å². The van der Waals surface area contributed by atoms with Gasteiger partial charge in [-0.2, -0.15) is 0 Å². The zero-order chi connectivity index (χ0) is 16.6. The predicted molar refractivity (Wildman–Crippen MR) is 95.8 cm³/mol. The molecule has 2 aromatic rings. The Labute approximate surface area is 145 Å². The van der Waals surface area contributed by atoms with Gasteiger partial charge in [-0.05, 0) is 67.1 Å². The number of rotatable bonds is 1. The van der Waals surface area contributed by atoms with Crippen molar-refractivity contribution in [3.63, 3.8) is 0 Å². The molecular weight excluding hydrogens is 356 g/mol. The third-order valence-electron chi connectivity index (χ3n) is 4.25. The standard InChI is InChI=1S/C18H23BrN2O2/c1-18(2,3)23-17(22)21-10-8-12(9-11-21)15-13-6-4-5-7-14(13)20-16(15)19/h4-7,12,20H,8-11H2,1-3H3. The van der Waals surface area contributed by atoms with E-state index in [-0.39, 0.29) is 6.09 Å². The first-order valence-corrected chi connectivity index (χ1v) is 8.88. The van der Waals surface area contributed by atoms with Gasteiger partial charge in [-0.15, -0.1) is 0 Å². The molecule has 0 saturated carbocycles. The Morgan fingerprint density at radius 2 is 1.91 bits per heavy atom. The second-order valence-electron chi connectivity index (χ2n) is 7.14. The van der Waals surface area contributed by atoms with Crippen molar-refractivity contribution in [2.75, 3.05) is 13.1 Å². The van der Waals surface area contributed by atoms with Gasteiger partial charge in [0.05, 0.1) is 4.60 Å². The van der Waals surface area contributed by atoms with Crippen molar-refractivity contribution >= 4 is 32.9 Å². The van der Waals surface area contributed by atoms with E-state index in [0.29, 0.717) is 5.92 Å². The number of carbonyl (C=O) groups is 1. The first-order chi connectivity index (χ1) is 10.8. The van der Waals surface area contributed by atoms with Crippen molar-refractivity contribution in [1.29, 1.82) is 0 Å². The number of likely N-dealkylation sites (tertiary alicyclic amines) is 1. The zero-order valence-electron chi connectivity index (χ0n) is 13.9. The fraction of sp³-hybridized carbons (Fsp3) is 0.500. The van der Waals surface area contributed by atoms with Gasteiger partial charge in [0.15, 0.2) is 0 Å². The van der Waals surface area contributed by atoms with E-state index >= 15 is 0 Å². The van der Waals surface area contributed by atoms with Crippen LogP contribution in [0.15, 0.2) is 28.9 Å². The number of aromatic nitrogens is 1. The Bertz CT molecular complexity index is 709.